The molecular weight excluding hydrogens is 307 g/mol. The Morgan fingerprint density at radius 2 is 1.91 bits per heavy atom. The Morgan fingerprint density at radius 1 is 1.30 bits per heavy atom. The number of nitrogens with two attached hydrogens (primary N) is 1. The molecule has 0 fully saturated rings. The van der Waals surface area contributed by atoms with E-state index in [-0.39, 0.29) is 11.5 Å². The Balaban J connectivity index is 0.000000924. The second-order valence-electron chi connectivity index (χ2n) is 5.11. The van der Waals surface area contributed by atoms with Crippen LogP contribution in [-0.4, -0.2) is 60.1 Å². The zero-order chi connectivity index (χ0) is 17.5. The first kappa shape index (κ1) is 16.8. The third kappa shape index (κ3) is 2.16. The molecular formula is C14H17FN4O4. The number of halogens is 1. The lowest BCUT2D eigenvalue weighted by molar-refractivity contribution is -0.147. The number of aliphatic hydroxyl groups is 2. The molecule has 4 N–H and O–H groups in total. The van der Waals surface area contributed by atoms with Gasteiger partial charge in [-0.3, -0.25) is 9.59 Å². The number of carbonyl (C=O) groups excluding carboxylic acids is 2. The second kappa shape index (κ2) is 5.60. The fourth-order valence-corrected chi connectivity index (χ4v) is 2.86. The summed E-state index contributed by atoms with van der Waals surface area (Å²) in [5.74, 6) is -2.18. The number of rotatable bonds is 1. The fourth-order valence-electron chi connectivity index (χ4n) is 2.86. The Labute approximate surface area is 131 Å². The number of carbonyl (C=O) groups is 2. The number of aliphatic hydroxyl groups excluding tert-OH is 1. The van der Waals surface area contributed by atoms with Gasteiger partial charge in [0.25, 0.3) is 11.8 Å². The van der Waals surface area contributed by atoms with Crippen LogP contribution in [-0.2, 0) is 15.2 Å². The van der Waals surface area contributed by atoms with E-state index in [4.69, 9.17) is 10.8 Å². The minimum absolute atomic E-state index is 0.0325. The molecule has 8 nitrogen and oxygen atoms in total. The molecule has 0 unspecified atom stereocenters. The predicted molar refractivity (Wildman–Crippen MR) is 80.0 cm³/mol. The maximum Gasteiger partial charge on any atom is 0.275 e. The highest BCUT2D eigenvalue weighted by Gasteiger charge is 2.60. The van der Waals surface area contributed by atoms with Gasteiger partial charge in [0.15, 0.2) is 12.0 Å². The van der Waals surface area contributed by atoms with E-state index in [1.165, 1.54) is 36.0 Å². The summed E-state index contributed by atoms with van der Waals surface area (Å²) in [7, 11) is 3.89. The summed E-state index contributed by atoms with van der Waals surface area (Å²) in [5.41, 5.74) is 3.72. The first-order valence-electron chi connectivity index (χ1n) is 6.64. The minimum Gasteiger partial charge on any atom is -0.400 e. The molecule has 1 aromatic carbocycles. The number of likely N-dealkylation sites (N-methyl/N-ethyl adjacent to an activating group) is 2. The van der Waals surface area contributed by atoms with E-state index in [1.54, 1.807) is 0 Å². The van der Waals surface area contributed by atoms with Gasteiger partial charge in [-0.25, -0.2) is 4.39 Å². The maximum atomic E-state index is 13.5. The first-order valence-corrected chi connectivity index (χ1v) is 6.64. The van der Waals surface area contributed by atoms with Crippen molar-refractivity contribution in [2.75, 3.05) is 26.1 Å². The van der Waals surface area contributed by atoms with Gasteiger partial charge < -0.3 is 25.7 Å². The van der Waals surface area contributed by atoms with Crippen molar-refractivity contribution in [3.8, 4) is 0 Å². The summed E-state index contributed by atoms with van der Waals surface area (Å²) in [6.45, 7) is 0. The van der Waals surface area contributed by atoms with Crippen LogP contribution in [0.1, 0.15) is 5.56 Å². The number of nitrogens with zero attached hydrogens (tertiary/aromatic N) is 3. The Hall–Kier alpha value is -2.52. The third-order valence-electron chi connectivity index (χ3n) is 3.96. The fraction of sp³-hybridized carbons (Fsp3) is 0.357. The quantitative estimate of drug-likeness (QED) is 0.594. The number of guanidine groups is 1. The molecule has 2 aliphatic rings. The van der Waals surface area contributed by atoms with Gasteiger partial charge >= 0.3 is 0 Å². The summed E-state index contributed by atoms with van der Waals surface area (Å²) < 4.78 is 13.5. The van der Waals surface area contributed by atoms with Crippen LogP contribution in [0.5, 0.6) is 0 Å². The van der Waals surface area contributed by atoms with Crippen molar-refractivity contribution in [1.29, 1.82) is 0 Å². The zero-order valence-corrected chi connectivity index (χ0v) is 12.8. The Kier molecular flexibility index (Phi) is 4.10. The topological polar surface area (TPSA) is 119 Å². The Bertz CT molecular complexity index is 708. The number of hydrogen-bond donors (Lipinski definition) is 3. The van der Waals surface area contributed by atoms with Crippen molar-refractivity contribution >= 4 is 23.5 Å². The van der Waals surface area contributed by atoms with Gasteiger partial charge in [0, 0.05) is 26.8 Å². The molecule has 2 atom stereocenters. The van der Waals surface area contributed by atoms with Gasteiger partial charge in [-0.2, -0.15) is 4.99 Å². The van der Waals surface area contributed by atoms with Crippen LogP contribution in [0.3, 0.4) is 0 Å². The summed E-state index contributed by atoms with van der Waals surface area (Å²) >= 11 is 0. The second-order valence-corrected chi connectivity index (χ2v) is 5.11. The largest absolute Gasteiger partial charge is 0.400 e. The van der Waals surface area contributed by atoms with Crippen LogP contribution in [0.2, 0.25) is 0 Å². The monoisotopic (exact) mass is 324 g/mol. The maximum absolute atomic E-state index is 13.5. The third-order valence-corrected chi connectivity index (χ3v) is 3.96. The summed E-state index contributed by atoms with van der Waals surface area (Å²) in [6.07, 6.45) is 0. The molecule has 3 rings (SSSR count). The van der Waals surface area contributed by atoms with Crippen molar-refractivity contribution in [2.24, 2.45) is 10.7 Å². The lowest BCUT2D eigenvalue weighted by Gasteiger charge is -2.32. The molecule has 0 saturated carbocycles. The van der Waals surface area contributed by atoms with Gasteiger partial charge in [-0.1, -0.05) is 0 Å². The van der Waals surface area contributed by atoms with Gasteiger partial charge in [0.1, 0.15) is 5.82 Å². The molecule has 9 heteroatoms. The van der Waals surface area contributed by atoms with Crippen molar-refractivity contribution in [2.45, 2.75) is 11.6 Å². The SMILES string of the molecule is CN1C(=O)[C@@](O)([C@H]2C(=O)N=C(N)N2C)c2cc(F)ccc21.CO. The van der Waals surface area contributed by atoms with Crippen molar-refractivity contribution < 1.29 is 24.2 Å². The van der Waals surface area contributed by atoms with Crippen LogP contribution in [0.15, 0.2) is 23.2 Å². The Morgan fingerprint density at radius 3 is 2.43 bits per heavy atom. The number of aliphatic imine (C=N–C) groups is 1. The molecule has 0 bridgehead atoms. The van der Waals surface area contributed by atoms with E-state index in [9.17, 15) is 19.1 Å². The number of fused-ring (bicyclic) bond motifs is 1. The van der Waals surface area contributed by atoms with Crippen molar-refractivity contribution in [1.82, 2.24) is 4.90 Å². The molecule has 2 heterocycles. The molecule has 2 amide bonds. The molecule has 23 heavy (non-hydrogen) atoms. The van der Waals surface area contributed by atoms with Crippen LogP contribution in [0.25, 0.3) is 0 Å². The lowest BCUT2D eigenvalue weighted by Crippen LogP contribution is -2.57. The average molecular weight is 324 g/mol. The zero-order valence-electron chi connectivity index (χ0n) is 12.8. The normalized spacial score (nSPS) is 26.0. The number of hydrogen-bond acceptors (Lipinski definition) is 6. The minimum atomic E-state index is -2.22. The van der Waals surface area contributed by atoms with E-state index in [1.807, 2.05) is 0 Å². The van der Waals surface area contributed by atoms with Crippen LogP contribution in [0, 0.1) is 5.82 Å². The van der Waals surface area contributed by atoms with Gasteiger partial charge in [-0.05, 0) is 18.2 Å². The van der Waals surface area contributed by atoms with E-state index in [0.29, 0.717) is 5.69 Å². The number of benzene rings is 1. The summed E-state index contributed by atoms with van der Waals surface area (Å²) in [4.78, 5) is 30.4. The van der Waals surface area contributed by atoms with Gasteiger partial charge in [-0.15, -0.1) is 0 Å². The molecule has 0 aliphatic carbocycles. The molecule has 0 radical (unpaired) electrons. The summed E-state index contributed by atoms with van der Waals surface area (Å²) in [6, 6.07) is 2.30. The van der Waals surface area contributed by atoms with E-state index >= 15 is 0 Å². The first-order chi connectivity index (χ1) is 10.8. The van der Waals surface area contributed by atoms with Crippen LogP contribution < -0.4 is 10.6 Å². The standard InChI is InChI=1S/C13H13FN4O3.CH4O/c1-17-8-4-3-6(14)5-7(8)13(21,11(17)20)9-10(19)16-12(15)18(9)2;1-2/h3-5,9,21H,1-2H3,(H2,15,16,19);2H,1H3/t9-,13+;/m1./s1. The van der Waals surface area contributed by atoms with E-state index in [0.717, 1.165) is 13.2 Å². The smallest absolute Gasteiger partial charge is 0.275 e. The predicted octanol–water partition coefficient (Wildman–Crippen LogP) is -1.25. The molecule has 1 aromatic rings. The van der Waals surface area contributed by atoms with Crippen LogP contribution >= 0.6 is 0 Å². The van der Waals surface area contributed by atoms with Crippen molar-refractivity contribution in [3.05, 3.63) is 29.6 Å². The molecule has 0 spiro atoms. The summed E-state index contributed by atoms with van der Waals surface area (Å²) in [5, 5.41) is 17.9. The number of anilines is 1. The number of amides is 2. The molecule has 2 aliphatic heterocycles. The highest BCUT2D eigenvalue weighted by atomic mass is 19.1. The van der Waals surface area contributed by atoms with Crippen molar-refractivity contribution in [3.63, 3.8) is 0 Å². The highest BCUT2D eigenvalue weighted by Crippen LogP contribution is 2.44. The van der Waals surface area contributed by atoms with E-state index in [2.05, 4.69) is 4.99 Å². The van der Waals surface area contributed by atoms with Gasteiger partial charge in [0.2, 0.25) is 5.60 Å². The molecule has 0 saturated heterocycles. The molecule has 124 valence electrons. The van der Waals surface area contributed by atoms with Crippen LogP contribution in [0.4, 0.5) is 10.1 Å². The average Bonchev–Trinajstić information content (AvgIpc) is 2.89. The highest BCUT2D eigenvalue weighted by molar-refractivity contribution is 6.13. The molecule has 0 aromatic heterocycles. The van der Waals surface area contributed by atoms with E-state index < -0.39 is 29.3 Å². The lowest BCUT2D eigenvalue weighted by atomic mass is 9.86. The van der Waals surface area contributed by atoms with Gasteiger partial charge in [0.05, 0.1) is 5.69 Å².